The third kappa shape index (κ3) is 1.46. The van der Waals surface area contributed by atoms with Gasteiger partial charge in [0.2, 0.25) is 11.8 Å². The summed E-state index contributed by atoms with van der Waals surface area (Å²) in [5, 5.41) is 5.57. The third-order valence-electron chi connectivity index (χ3n) is 2.89. The van der Waals surface area contributed by atoms with Gasteiger partial charge in [0.25, 0.3) is 0 Å². The Morgan fingerprint density at radius 3 is 2.69 bits per heavy atom. The second-order valence-electron chi connectivity index (χ2n) is 3.87. The summed E-state index contributed by atoms with van der Waals surface area (Å²) in [5.74, 6) is -0.265. The highest BCUT2D eigenvalue weighted by molar-refractivity contribution is 6.08. The van der Waals surface area contributed by atoms with E-state index in [4.69, 9.17) is 0 Å². The van der Waals surface area contributed by atoms with Gasteiger partial charge in [-0.2, -0.15) is 0 Å². The Balaban J connectivity index is 2.17. The van der Waals surface area contributed by atoms with Crippen LogP contribution in [0.2, 0.25) is 0 Å². The SMILES string of the molecule is O=C1CC2(CCCCCN2)C(=O)N1. The van der Waals surface area contributed by atoms with Crippen LogP contribution in [0.25, 0.3) is 0 Å². The van der Waals surface area contributed by atoms with E-state index in [2.05, 4.69) is 10.6 Å². The predicted molar refractivity (Wildman–Crippen MR) is 47.0 cm³/mol. The van der Waals surface area contributed by atoms with Crippen LogP contribution >= 0.6 is 0 Å². The van der Waals surface area contributed by atoms with Crippen LogP contribution in [0.4, 0.5) is 0 Å². The molecule has 1 unspecified atom stereocenters. The van der Waals surface area contributed by atoms with Crippen LogP contribution in [-0.2, 0) is 9.59 Å². The first-order valence-corrected chi connectivity index (χ1v) is 4.82. The van der Waals surface area contributed by atoms with Crippen LogP contribution in [0.5, 0.6) is 0 Å². The van der Waals surface area contributed by atoms with E-state index >= 15 is 0 Å². The largest absolute Gasteiger partial charge is 0.303 e. The monoisotopic (exact) mass is 182 g/mol. The van der Waals surface area contributed by atoms with Crippen molar-refractivity contribution >= 4 is 11.8 Å². The molecule has 2 fully saturated rings. The number of nitrogens with one attached hydrogen (secondary N) is 2. The molecule has 0 radical (unpaired) electrons. The summed E-state index contributed by atoms with van der Waals surface area (Å²) in [5.41, 5.74) is -0.562. The zero-order valence-electron chi connectivity index (χ0n) is 7.56. The summed E-state index contributed by atoms with van der Waals surface area (Å²) in [6.07, 6.45) is 4.41. The summed E-state index contributed by atoms with van der Waals surface area (Å²) >= 11 is 0. The molecular weight excluding hydrogens is 168 g/mol. The summed E-state index contributed by atoms with van der Waals surface area (Å²) in [7, 11) is 0. The van der Waals surface area contributed by atoms with Crippen molar-refractivity contribution in [2.75, 3.05) is 6.54 Å². The Bertz CT molecular complexity index is 242. The molecule has 1 atom stereocenters. The zero-order valence-corrected chi connectivity index (χ0v) is 7.56. The summed E-state index contributed by atoms with van der Waals surface area (Å²) in [4.78, 5) is 22.6. The molecule has 2 amide bonds. The van der Waals surface area contributed by atoms with Crippen molar-refractivity contribution in [3.05, 3.63) is 0 Å². The van der Waals surface area contributed by atoms with Gasteiger partial charge in [0.05, 0.1) is 6.42 Å². The van der Waals surface area contributed by atoms with Gasteiger partial charge in [0.1, 0.15) is 5.54 Å². The van der Waals surface area contributed by atoms with Crippen molar-refractivity contribution in [2.24, 2.45) is 0 Å². The highest BCUT2D eigenvalue weighted by atomic mass is 16.2. The van der Waals surface area contributed by atoms with E-state index in [1.54, 1.807) is 0 Å². The molecule has 13 heavy (non-hydrogen) atoms. The van der Waals surface area contributed by atoms with Gasteiger partial charge in [-0.1, -0.05) is 12.8 Å². The smallest absolute Gasteiger partial charge is 0.247 e. The van der Waals surface area contributed by atoms with Gasteiger partial charge < -0.3 is 5.32 Å². The predicted octanol–water partition coefficient (Wildman–Crippen LogP) is -0.0647. The number of hydrogen-bond acceptors (Lipinski definition) is 3. The quantitative estimate of drug-likeness (QED) is 0.516. The van der Waals surface area contributed by atoms with Gasteiger partial charge in [0, 0.05) is 0 Å². The van der Waals surface area contributed by atoms with Crippen LogP contribution in [0, 0.1) is 0 Å². The first-order chi connectivity index (χ1) is 6.23. The van der Waals surface area contributed by atoms with Crippen molar-refractivity contribution in [1.82, 2.24) is 10.6 Å². The molecule has 2 aliphatic heterocycles. The zero-order chi connectivity index (χ0) is 9.31. The minimum atomic E-state index is -0.562. The molecule has 4 heteroatoms. The van der Waals surface area contributed by atoms with Gasteiger partial charge in [-0.05, 0) is 19.4 Å². The minimum absolute atomic E-state index is 0.126. The lowest BCUT2D eigenvalue weighted by molar-refractivity contribution is -0.126. The molecule has 2 heterocycles. The topological polar surface area (TPSA) is 58.2 Å². The van der Waals surface area contributed by atoms with Crippen molar-refractivity contribution in [3.63, 3.8) is 0 Å². The van der Waals surface area contributed by atoms with Crippen molar-refractivity contribution in [1.29, 1.82) is 0 Å². The van der Waals surface area contributed by atoms with Crippen LogP contribution in [0.1, 0.15) is 32.1 Å². The van der Waals surface area contributed by atoms with Gasteiger partial charge in [-0.3, -0.25) is 14.9 Å². The van der Waals surface area contributed by atoms with E-state index in [9.17, 15) is 9.59 Å². The molecule has 2 aliphatic rings. The summed E-state index contributed by atoms with van der Waals surface area (Å²) in [6, 6.07) is 0. The van der Waals surface area contributed by atoms with Gasteiger partial charge in [0.15, 0.2) is 0 Å². The lowest BCUT2D eigenvalue weighted by atomic mass is 9.92. The Morgan fingerprint density at radius 2 is 2.00 bits per heavy atom. The van der Waals surface area contributed by atoms with Gasteiger partial charge in [-0.25, -0.2) is 0 Å². The Morgan fingerprint density at radius 1 is 1.15 bits per heavy atom. The van der Waals surface area contributed by atoms with E-state index < -0.39 is 5.54 Å². The van der Waals surface area contributed by atoms with E-state index in [0.29, 0.717) is 6.42 Å². The van der Waals surface area contributed by atoms with Crippen LogP contribution in [0.3, 0.4) is 0 Å². The Labute approximate surface area is 77.1 Å². The fraction of sp³-hybridized carbons (Fsp3) is 0.778. The lowest BCUT2D eigenvalue weighted by Gasteiger charge is -2.23. The highest BCUT2D eigenvalue weighted by Gasteiger charge is 2.46. The molecule has 2 saturated heterocycles. The molecule has 72 valence electrons. The second-order valence-corrected chi connectivity index (χ2v) is 3.87. The van der Waals surface area contributed by atoms with Gasteiger partial charge in [-0.15, -0.1) is 0 Å². The van der Waals surface area contributed by atoms with Gasteiger partial charge >= 0.3 is 0 Å². The maximum absolute atomic E-state index is 11.5. The number of hydrogen-bond donors (Lipinski definition) is 2. The first kappa shape index (κ1) is 8.69. The van der Waals surface area contributed by atoms with Crippen LogP contribution in [0.15, 0.2) is 0 Å². The maximum Gasteiger partial charge on any atom is 0.247 e. The Kier molecular flexibility index (Phi) is 2.07. The molecule has 4 nitrogen and oxygen atoms in total. The molecule has 0 aliphatic carbocycles. The third-order valence-corrected chi connectivity index (χ3v) is 2.89. The summed E-state index contributed by atoms with van der Waals surface area (Å²) in [6.45, 7) is 0.848. The maximum atomic E-state index is 11.5. The molecule has 2 N–H and O–H groups in total. The van der Waals surface area contributed by atoms with E-state index in [0.717, 1.165) is 32.2 Å². The van der Waals surface area contributed by atoms with E-state index in [1.807, 2.05) is 0 Å². The molecule has 2 rings (SSSR count). The van der Waals surface area contributed by atoms with E-state index in [-0.39, 0.29) is 11.8 Å². The highest BCUT2D eigenvalue weighted by Crippen LogP contribution is 2.26. The number of rotatable bonds is 0. The number of amides is 2. The number of carbonyl (C=O) groups excluding carboxylic acids is 2. The second kappa shape index (κ2) is 3.10. The lowest BCUT2D eigenvalue weighted by Crippen LogP contribution is -2.50. The molecule has 0 aromatic heterocycles. The van der Waals surface area contributed by atoms with Crippen molar-refractivity contribution < 1.29 is 9.59 Å². The molecule has 1 spiro atoms. The average Bonchev–Trinajstić information content (AvgIpc) is 2.29. The minimum Gasteiger partial charge on any atom is -0.303 e. The molecule has 0 saturated carbocycles. The fourth-order valence-electron chi connectivity index (χ4n) is 2.13. The van der Waals surface area contributed by atoms with Crippen molar-refractivity contribution in [2.45, 2.75) is 37.6 Å². The number of carbonyl (C=O) groups is 2. The summed E-state index contributed by atoms with van der Waals surface area (Å²) < 4.78 is 0. The van der Waals surface area contributed by atoms with Crippen molar-refractivity contribution in [3.8, 4) is 0 Å². The first-order valence-electron chi connectivity index (χ1n) is 4.82. The van der Waals surface area contributed by atoms with Crippen LogP contribution in [-0.4, -0.2) is 23.9 Å². The average molecular weight is 182 g/mol. The molecular formula is C9H14N2O2. The fourth-order valence-corrected chi connectivity index (χ4v) is 2.13. The molecule has 0 aromatic carbocycles. The normalized spacial score (nSPS) is 34.8. The molecule has 0 aromatic rings. The standard InChI is InChI=1S/C9H14N2O2/c12-7-6-9(8(13)11-7)4-2-1-3-5-10-9/h10H,1-6H2,(H,11,12,13). The van der Waals surface area contributed by atoms with E-state index in [1.165, 1.54) is 0 Å². The Hall–Kier alpha value is -0.900. The van der Waals surface area contributed by atoms with Crippen LogP contribution < -0.4 is 10.6 Å². The molecule has 0 bridgehead atoms. The number of imide groups is 1.